The van der Waals surface area contributed by atoms with Crippen molar-refractivity contribution in [2.24, 2.45) is 0 Å². The Kier molecular flexibility index (Phi) is 4.31. The maximum atomic E-state index is 12.2. The maximum Gasteiger partial charge on any atom is 0.237 e. The minimum absolute atomic E-state index is 0.111. The molecule has 0 unspecified atom stereocenters. The van der Waals surface area contributed by atoms with Gasteiger partial charge in [0.25, 0.3) is 0 Å². The van der Waals surface area contributed by atoms with Crippen molar-refractivity contribution in [3.63, 3.8) is 0 Å². The monoisotopic (exact) mass is 322 g/mol. The average Bonchev–Trinajstić information content (AvgIpc) is 2.97. The fourth-order valence-corrected chi connectivity index (χ4v) is 2.90. The molecule has 114 valence electrons. The lowest BCUT2D eigenvalue weighted by atomic mass is 10.2. The average molecular weight is 322 g/mol. The second kappa shape index (κ2) is 6.55. The summed E-state index contributed by atoms with van der Waals surface area (Å²) in [4.78, 5) is 19.9. The minimum Gasteiger partial charge on any atom is -0.333 e. The molecule has 0 aliphatic rings. The van der Waals surface area contributed by atoms with Gasteiger partial charge in [-0.05, 0) is 43.3 Å². The molecule has 3 rings (SSSR count). The second-order valence-electron chi connectivity index (χ2n) is 5.00. The standard InChI is InChI=1S/C17H14N4OS/c1-11(16(22)19-13-8-6-12(10-18)7-9-13)23-17-20-14-4-2-3-5-15(14)21-17/h2-9,11H,1H3,(H,19,22)(H,20,21)/t11-/m0/s1. The van der Waals surface area contributed by atoms with E-state index in [-0.39, 0.29) is 11.2 Å². The molecule has 0 spiro atoms. The first kappa shape index (κ1) is 15.1. The summed E-state index contributed by atoms with van der Waals surface area (Å²) in [6, 6.07) is 16.6. The number of nitriles is 1. The molecule has 0 aliphatic heterocycles. The summed E-state index contributed by atoms with van der Waals surface area (Å²) >= 11 is 1.37. The molecule has 5 nitrogen and oxygen atoms in total. The smallest absolute Gasteiger partial charge is 0.237 e. The number of thioether (sulfide) groups is 1. The summed E-state index contributed by atoms with van der Waals surface area (Å²) in [6.45, 7) is 1.83. The van der Waals surface area contributed by atoms with Crippen LogP contribution in [0.5, 0.6) is 0 Å². The van der Waals surface area contributed by atoms with Gasteiger partial charge in [-0.3, -0.25) is 4.79 Å². The van der Waals surface area contributed by atoms with Gasteiger partial charge in [0.1, 0.15) is 0 Å². The van der Waals surface area contributed by atoms with E-state index in [9.17, 15) is 4.79 Å². The van der Waals surface area contributed by atoms with Crippen LogP contribution >= 0.6 is 11.8 Å². The number of hydrogen-bond donors (Lipinski definition) is 2. The molecule has 2 aromatic carbocycles. The summed E-state index contributed by atoms with van der Waals surface area (Å²) in [5.74, 6) is -0.111. The topological polar surface area (TPSA) is 81.6 Å². The van der Waals surface area contributed by atoms with E-state index in [0.29, 0.717) is 16.4 Å². The minimum atomic E-state index is -0.300. The number of fused-ring (bicyclic) bond motifs is 1. The number of imidazole rings is 1. The van der Waals surface area contributed by atoms with Gasteiger partial charge in [-0.2, -0.15) is 5.26 Å². The fourth-order valence-electron chi connectivity index (χ4n) is 2.08. The Balaban J connectivity index is 1.65. The zero-order chi connectivity index (χ0) is 16.2. The van der Waals surface area contributed by atoms with Gasteiger partial charge in [-0.1, -0.05) is 23.9 Å². The zero-order valence-corrected chi connectivity index (χ0v) is 13.2. The highest BCUT2D eigenvalue weighted by molar-refractivity contribution is 8.00. The largest absolute Gasteiger partial charge is 0.333 e. The van der Waals surface area contributed by atoms with Gasteiger partial charge in [0.15, 0.2) is 5.16 Å². The van der Waals surface area contributed by atoms with E-state index in [0.717, 1.165) is 11.0 Å². The summed E-state index contributed by atoms with van der Waals surface area (Å²) in [5.41, 5.74) is 3.07. The Morgan fingerprint density at radius 3 is 2.70 bits per heavy atom. The zero-order valence-electron chi connectivity index (χ0n) is 12.4. The number of benzene rings is 2. The Labute approximate surface area is 137 Å². The van der Waals surface area contributed by atoms with Crippen LogP contribution < -0.4 is 5.32 Å². The van der Waals surface area contributed by atoms with E-state index in [4.69, 9.17) is 5.26 Å². The molecule has 0 fully saturated rings. The fraction of sp³-hybridized carbons (Fsp3) is 0.118. The predicted octanol–water partition coefficient (Wildman–Crippen LogP) is 3.55. The van der Waals surface area contributed by atoms with Crippen LogP contribution in [0.15, 0.2) is 53.7 Å². The molecular formula is C17H14N4OS. The van der Waals surface area contributed by atoms with Crippen LogP contribution in [0.2, 0.25) is 0 Å². The van der Waals surface area contributed by atoms with E-state index < -0.39 is 0 Å². The van der Waals surface area contributed by atoms with Crippen LogP contribution in [0.4, 0.5) is 5.69 Å². The van der Waals surface area contributed by atoms with Gasteiger partial charge in [-0.15, -0.1) is 0 Å². The van der Waals surface area contributed by atoms with Crippen LogP contribution in [-0.4, -0.2) is 21.1 Å². The summed E-state index contributed by atoms with van der Waals surface area (Å²) < 4.78 is 0. The van der Waals surface area contributed by atoms with Gasteiger partial charge in [-0.25, -0.2) is 4.98 Å². The summed E-state index contributed by atoms with van der Waals surface area (Å²) in [6.07, 6.45) is 0. The molecule has 1 heterocycles. The number of anilines is 1. The molecule has 6 heteroatoms. The van der Waals surface area contributed by atoms with Crippen LogP contribution in [0.1, 0.15) is 12.5 Å². The normalized spacial score (nSPS) is 11.8. The molecule has 3 aromatic rings. The number of aromatic nitrogens is 2. The number of hydrogen-bond acceptors (Lipinski definition) is 4. The molecule has 1 atom stereocenters. The highest BCUT2D eigenvalue weighted by atomic mass is 32.2. The lowest BCUT2D eigenvalue weighted by molar-refractivity contribution is -0.115. The number of amides is 1. The van der Waals surface area contributed by atoms with Crippen LogP contribution in [0, 0.1) is 11.3 Å². The predicted molar refractivity (Wildman–Crippen MR) is 91.2 cm³/mol. The van der Waals surface area contributed by atoms with E-state index in [1.54, 1.807) is 24.3 Å². The molecule has 23 heavy (non-hydrogen) atoms. The van der Waals surface area contributed by atoms with Crippen molar-refractivity contribution in [3.8, 4) is 6.07 Å². The molecule has 0 saturated carbocycles. The second-order valence-corrected chi connectivity index (χ2v) is 6.33. The SMILES string of the molecule is C[C@H](Sc1nc2ccccc2[nH]1)C(=O)Nc1ccc(C#N)cc1. The van der Waals surface area contributed by atoms with E-state index in [1.807, 2.05) is 37.3 Å². The Morgan fingerprint density at radius 1 is 1.26 bits per heavy atom. The van der Waals surface area contributed by atoms with Crippen molar-refractivity contribution in [2.45, 2.75) is 17.3 Å². The number of aromatic amines is 1. The van der Waals surface area contributed by atoms with Crippen molar-refractivity contribution in [1.82, 2.24) is 9.97 Å². The van der Waals surface area contributed by atoms with E-state index in [1.165, 1.54) is 11.8 Å². The third kappa shape index (κ3) is 3.52. The third-order valence-electron chi connectivity index (χ3n) is 3.31. The lowest BCUT2D eigenvalue weighted by Gasteiger charge is -2.10. The molecule has 2 N–H and O–H groups in total. The third-order valence-corrected chi connectivity index (χ3v) is 4.29. The Bertz CT molecular complexity index is 846. The summed E-state index contributed by atoms with van der Waals surface area (Å²) in [7, 11) is 0. The molecule has 0 saturated heterocycles. The number of carbonyl (C=O) groups excluding carboxylic acids is 1. The molecule has 1 aromatic heterocycles. The molecule has 1 amide bonds. The first-order chi connectivity index (χ1) is 11.2. The van der Waals surface area contributed by atoms with Crippen LogP contribution in [0.3, 0.4) is 0 Å². The highest BCUT2D eigenvalue weighted by Crippen LogP contribution is 2.24. The molecule has 0 bridgehead atoms. The van der Waals surface area contributed by atoms with E-state index >= 15 is 0 Å². The number of para-hydroxylation sites is 2. The number of rotatable bonds is 4. The Hall–Kier alpha value is -2.78. The number of carbonyl (C=O) groups is 1. The van der Waals surface area contributed by atoms with Crippen LogP contribution in [-0.2, 0) is 4.79 Å². The number of H-pyrrole nitrogens is 1. The highest BCUT2D eigenvalue weighted by Gasteiger charge is 2.16. The van der Waals surface area contributed by atoms with Crippen molar-refractivity contribution in [2.75, 3.05) is 5.32 Å². The van der Waals surface area contributed by atoms with Crippen LogP contribution in [0.25, 0.3) is 11.0 Å². The van der Waals surface area contributed by atoms with Gasteiger partial charge < -0.3 is 10.3 Å². The number of nitrogens with zero attached hydrogens (tertiary/aromatic N) is 2. The lowest BCUT2D eigenvalue weighted by Crippen LogP contribution is -2.22. The van der Waals surface area contributed by atoms with Gasteiger partial charge >= 0.3 is 0 Å². The van der Waals surface area contributed by atoms with E-state index in [2.05, 4.69) is 15.3 Å². The van der Waals surface area contributed by atoms with Crippen molar-refractivity contribution >= 4 is 34.4 Å². The van der Waals surface area contributed by atoms with Crippen molar-refractivity contribution in [3.05, 3.63) is 54.1 Å². The summed E-state index contributed by atoms with van der Waals surface area (Å²) in [5, 5.41) is 12.0. The van der Waals surface area contributed by atoms with Gasteiger partial charge in [0.2, 0.25) is 5.91 Å². The number of nitrogens with one attached hydrogen (secondary N) is 2. The molecular weight excluding hydrogens is 308 g/mol. The van der Waals surface area contributed by atoms with Gasteiger partial charge in [0.05, 0.1) is 27.9 Å². The molecule has 0 aliphatic carbocycles. The van der Waals surface area contributed by atoms with Crippen molar-refractivity contribution in [1.29, 1.82) is 5.26 Å². The molecule has 0 radical (unpaired) electrons. The Morgan fingerprint density at radius 2 is 2.00 bits per heavy atom. The first-order valence-electron chi connectivity index (χ1n) is 7.08. The quantitative estimate of drug-likeness (QED) is 0.720. The van der Waals surface area contributed by atoms with Gasteiger partial charge in [0, 0.05) is 5.69 Å². The first-order valence-corrected chi connectivity index (χ1v) is 7.96. The van der Waals surface area contributed by atoms with Crippen molar-refractivity contribution < 1.29 is 4.79 Å². The maximum absolute atomic E-state index is 12.2.